The van der Waals surface area contributed by atoms with Crippen molar-refractivity contribution in [3.63, 3.8) is 0 Å². The molecule has 1 N–H and O–H groups in total. The highest BCUT2D eigenvalue weighted by Crippen LogP contribution is 2.21. The van der Waals surface area contributed by atoms with Crippen LogP contribution in [0, 0.1) is 0 Å². The molecular formula is C7H16ClNO2S. The summed E-state index contributed by atoms with van der Waals surface area (Å²) in [6.07, 6.45) is 0. The molecule has 0 aliphatic heterocycles. The van der Waals surface area contributed by atoms with E-state index in [1.165, 1.54) is 13.8 Å². The molecule has 0 aromatic rings. The number of rotatable bonds is 2. The smallest absolute Gasteiger partial charge is 0.211 e. The van der Waals surface area contributed by atoms with Crippen molar-refractivity contribution in [1.82, 2.24) is 4.72 Å². The summed E-state index contributed by atoms with van der Waals surface area (Å²) in [7, 11) is -3.44. The first kappa shape index (κ1) is 12.2. The van der Waals surface area contributed by atoms with Gasteiger partial charge in [-0.2, -0.15) is 0 Å². The molecule has 0 atom stereocenters. The lowest BCUT2D eigenvalue weighted by Crippen LogP contribution is -2.47. The molecule has 0 rings (SSSR count). The summed E-state index contributed by atoms with van der Waals surface area (Å²) in [6.45, 7) is 8.21. The summed E-state index contributed by atoms with van der Waals surface area (Å²) in [4.78, 5) is 0. The second-order valence-electron chi connectivity index (χ2n) is 4.22. The number of halogens is 1. The molecule has 0 aliphatic rings. The van der Waals surface area contributed by atoms with E-state index in [1.807, 2.05) is 0 Å². The van der Waals surface area contributed by atoms with Crippen LogP contribution in [0.4, 0.5) is 0 Å². The van der Waals surface area contributed by atoms with E-state index < -0.39 is 19.8 Å². The summed E-state index contributed by atoms with van der Waals surface area (Å²) >= 11 is 5.68. The highest BCUT2D eigenvalue weighted by Gasteiger charge is 2.34. The Labute approximate surface area is 79.5 Å². The zero-order chi connectivity index (χ0) is 10.2. The molecule has 12 heavy (non-hydrogen) atoms. The molecule has 3 nitrogen and oxygen atoms in total. The highest BCUT2D eigenvalue weighted by atomic mass is 35.5. The molecule has 0 saturated carbocycles. The molecule has 0 saturated heterocycles. The van der Waals surface area contributed by atoms with Crippen LogP contribution in [-0.4, -0.2) is 18.2 Å². The van der Waals surface area contributed by atoms with Crippen molar-refractivity contribution in [3.8, 4) is 0 Å². The molecule has 0 aromatic heterocycles. The summed E-state index contributed by atoms with van der Waals surface area (Å²) in [5.74, 6) is 0. The van der Waals surface area contributed by atoms with E-state index in [1.54, 1.807) is 20.8 Å². The molecule has 5 heteroatoms. The van der Waals surface area contributed by atoms with Crippen molar-refractivity contribution in [2.75, 3.05) is 0 Å². The van der Waals surface area contributed by atoms with Gasteiger partial charge in [0.2, 0.25) is 10.0 Å². The molecule has 74 valence electrons. The van der Waals surface area contributed by atoms with Gasteiger partial charge in [0.1, 0.15) is 0 Å². The fourth-order valence-corrected chi connectivity index (χ4v) is 1.69. The van der Waals surface area contributed by atoms with Crippen molar-refractivity contribution in [2.45, 2.75) is 44.4 Å². The Bertz CT molecular complexity index is 246. The van der Waals surface area contributed by atoms with E-state index in [0.29, 0.717) is 0 Å². The topological polar surface area (TPSA) is 46.2 Å². The third kappa shape index (κ3) is 3.74. The number of hydrogen-bond donors (Lipinski definition) is 1. The molecule has 0 bridgehead atoms. The average molecular weight is 214 g/mol. The van der Waals surface area contributed by atoms with E-state index in [4.69, 9.17) is 11.6 Å². The first-order valence-corrected chi connectivity index (χ1v) is 5.54. The number of nitrogens with one attached hydrogen (secondary N) is 1. The quantitative estimate of drug-likeness (QED) is 0.710. The maximum atomic E-state index is 11.4. The lowest BCUT2D eigenvalue weighted by atomic mass is 10.1. The third-order valence-electron chi connectivity index (χ3n) is 1.08. The minimum atomic E-state index is -3.44. The van der Waals surface area contributed by atoms with Crippen molar-refractivity contribution >= 4 is 21.6 Å². The Morgan fingerprint density at radius 2 is 1.42 bits per heavy atom. The van der Waals surface area contributed by atoms with E-state index >= 15 is 0 Å². The van der Waals surface area contributed by atoms with Crippen LogP contribution in [0.5, 0.6) is 0 Å². The molecular weight excluding hydrogens is 198 g/mol. The maximum Gasteiger partial charge on any atom is 0.231 e. The van der Waals surface area contributed by atoms with Gasteiger partial charge in [-0.25, -0.2) is 13.1 Å². The maximum absolute atomic E-state index is 11.4. The zero-order valence-corrected chi connectivity index (χ0v) is 9.68. The molecule has 0 heterocycles. The SMILES string of the molecule is CC(C)(C)NS(=O)(=O)C(C)(C)Cl. The van der Waals surface area contributed by atoms with E-state index in [0.717, 1.165) is 0 Å². The molecule has 0 amide bonds. The second kappa shape index (κ2) is 3.16. The highest BCUT2D eigenvalue weighted by molar-refractivity contribution is 7.92. The fraction of sp³-hybridized carbons (Fsp3) is 1.00. The van der Waals surface area contributed by atoms with Gasteiger partial charge in [-0.3, -0.25) is 0 Å². The average Bonchev–Trinajstić information content (AvgIpc) is 1.52. The Balaban J connectivity index is 4.70. The normalized spacial score (nSPS) is 14.8. The van der Waals surface area contributed by atoms with Gasteiger partial charge in [-0.15, -0.1) is 11.6 Å². The lowest BCUT2D eigenvalue weighted by molar-refractivity contribution is 0.483. The van der Waals surface area contributed by atoms with Crippen LogP contribution in [0.15, 0.2) is 0 Å². The number of alkyl halides is 1. The summed E-state index contributed by atoms with van der Waals surface area (Å²) in [6, 6.07) is 0. The summed E-state index contributed by atoms with van der Waals surface area (Å²) in [5.41, 5.74) is -0.481. The molecule has 0 fully saturated rings. The fourth-order valence-electron chi connectivity index (χ4n) is 0.524. The van der Waals surface area contributed by atoms with Gasteiger partial charge < -0.3 is 0 Å². The molecule has 0 aliphatic carbocycles. The van der Waals surface area contributed by atoms with Gasteiger partial charge in [0, 0.05) is 5.54 Å². The Hall–Kier alpha value is 0.200. The second-order valence-corrected chi connectivity index (χ2v) is 7.62. The van der Waals surface area contributed by atoms with Crippen LogP contribution in [0.25, 0.3) is 0 Å². The molecule has 0 unspecified atom stereocenters. The minimum absolute atomic E-state index is 0.481. The Morgan fingerprint density at radius 1 is 1.08 bits per heavy atom. The van der Waals surface area contributed by atoms with Crippen molar-refractivity contribution in [3.05, 3.63) is 0 Å². The van der Waals surface area contributed by atoms with Gasteiger partial charge in [0.15, 0.2) is 4.21 Å². The first-order chi connectivity index (χ1) is 4.96. The lowest BCUT2D eigenvalue weighted by Gasteiger charge is -2.25. The van der Waals surface area contributed by atoms with Crippen molar-refractivity contribution < 1.29 is 8.42 Å². The van der Waals surface area contributed by atoms with Gasteiger partial charge in [-0.05, 0) is 34.6 Å². The first-order valence-electron chi connectivity index (χ1n) is 3.68. The third-order valence-corrected chi connectivity index (χ3v) is 3.85. The van der Waals surface area contributed by atoms with Crippen molar-refractivity contribution in [1.29, 1.82) is 0 Å². The summed E-state index contributed by atoms with van der Waals surface area (Å²) in [5, 5.41) is 0. The largest absolute Gasteiger partial charge is 0.231 e. The van der Waals surface area contributed by atoms with Crippen molar-refractivity contribution in [2.24, 2.45) is 0 Å². The van der Waals surface area contributed by atoms with Crippen LogP contribution < -0.4 is 4.72 Å². The monoisotopic (exact) mass is 213 g/mol. The van der Waals surface area contributed by atoms with Gasteiger partial charge in [0.05, 0.1) is 0 Å². The van der Waals surface area contributed by atoms with Gasteiger partial charge >= 0.3 is 0 Å². The van der Waals surface area contributed by atoms with Crippen LogP contribution in [0.1, 0.15) is 34.6 Å². The molecule has 0 spiro atoms. The predicted octanol–water partition coefficient (Wildman–Crippen LogP) is 1.68. The number of sulfonamides is 1. The zero-order valence-electron chi connectivity index (χ0n) is 8.10. The van der Waals surface area contributed by atoms with Crippen LogP contribution in [0.3, 0.4) is 0 Å². The molecule has 0 aromatic carbocycles. The summed E-state index contributed by atoms with van der Waals surface area (Å²) < 4.78 is 24.1. The van der Waals surface area contributed by atoms with Gasteiger partial charge in [0.25, 0.3) is 0 Å². The number of hydrogen-bond acceptors (Lipinski definition) is 2. The van der Waals surface area contributed by atoms with E-state index in [2.05, 4.69) is 4.72 Å². The minimum Gasteiger partial charge on any atom is -0.211 e. The van der Waals surface area contributed by atoms with E-state index in [9.17, 15) is 8.42 Å². The van der Waals surface area contributed by atoms with Crippen LogP contribution in [-0.2, 0) is 10.0 Å². The predicted molar refractivity (Wildman–Crippen MR) is 51.7 cm³/mol. The van der Waals surface area contributed by atoms with Gasteiger partial charge in [-0.1, -0.05) is 0 Å². The Morgan fingerprint density at radius 3 is 1.50 bits per heavy atom. The van der Waals surface area contributed by atoms with Crippen LogP contribution in [0.2, 0.25) is 0 Å². The van der Waals surface area contributed by atoms with Crippen LogP contribution >= 0.6 is 11.6 Å². The molecule has 0 radical (unpaired) electrons. The van der Waals surface area contributed by atoms with E-state index in [-0.39, 0.29) is 0 Å². The standard InChI is InChI=1S/C7H16ClNO2S/c1-6(2,3)9-12(10,11)7(4,5)8/h9H,1-5H3. The Kier molecular flexibility index (Phi) is 3.21.